The summed E-state index contributed by atoms with van der Waals surface area (Å²) in [5.74, 6) is -0.247. The molecule has 2 aliphatic heterocycles. The fourth-order valence-electron chi connectivity index (χ4n) is 4.27. The molecule has 2 aliphatic rings. The fraction of sp³-hybridized carbons (Fsp3) is 0.429. The van der Waals surface area contributed by atoms with Gasteiger partial charge in [-0.25, -0.2) is 4.39 Å². The van der Waals surface area contributed by atoms with Crippen molar-refractivity contribution in [3.8, 4) is 0 Å². The maximum atomic E-state index is 13.5. The zero-order valence-corrected chi connectivity index (χ0v) is 15.7. The Kier molecular flexibility index (Phi) is 4.93. The van der Waals surface area contributed by atoms with Gasteiger partial charge >= 0.3 is 0 Å². The van der Waals surface area contributed by atoms with Crippen molar-refractivity contribution >= 4 is 17.5 Å². The number of rotatable bonds is 3. The largest absolute Gasteiger partial charge is 0.456 e. The van der Waals surface area contributed by atoms with Gasteiger partial charge in [0.2, 0.25) is 5.91 Å². The number of benzene rings is 1. The summed E-state index contributed by atoms with van der Waals surface area (Å²) in [4.78, 5) is 27.6. The summed E-state index contributed by atoms with van der Waals surface area (Å²) in [6, 6.07) is 9.24. The topological polar surface area (TPSA) is 71.8 Å². The Hall–Kier alpha value is -2.67. The molecule has 0 radical (unpaired) electrons. The van der Waals surface area contributed by atoms with E-state index in [9.17, 15) is 14.0 Å². The number of hydrogen-bond acceptors (Lipinski definition) is 4. The second-order valence-electron chi connectivity index (χ2n) is 7.62. The molecule has 1 spiro atoms. The Morgan fingerprint density at radius 2 is 2.00 bits per heavy atom. The Morgan fingerprint density at radius 3 is 2.68 bits per heavy atom. The summed E-state index contributed by atoms with van der Waals surface area (Å²) in [6.07, 6.45) is 1.41. The first-order valence-electron chi connectivity index (χ1n) is 9.47. The van der Waals surface area contributed by atoms with Crippen molar-refractivity contribution in [3.63, 3.8) is 0 Å². The van der Waals surface area contributed by atoms with Crippen LogP contribution in [0.1, 0.15) is 29.2 Å². The van der Waals surface area contributed by atoms with E-state index < -0.39 is 5.82 Å². The normalized spacial score (nSPS) is 21.1. The van der Waals surface area contributed by atoms with Crippen molar-refractivity contribution in [2.75, 3.05) is 31.6 Å². The third-order valence-corrected chi connectivity index (χ3v) is 5.78. The van der Waals surface area contributed by atoms with Crippen LogP contribution in [0.25, 0.3) is 0 Å². The molecule has 1 atom stereocenters. The second kappa shape index (κ2) is 7.39. The summed E-state index contributed by atoms with van der Waals surface area (Å²) in [7, 11) is 0. The summed E-state index contributed by atoms with van der Waals surface area (Å²) in [5, 5.41) is 2.82. The number of anilines is 1. The minimum Gasteiger partial charge on any atom is -0.456 e. The molecule has 148 valence electrons. The van der Waals surface area contributed by atoms with Gasteiger partial charge in [-0.15, -0.1) is 0 Å². The first-order valence-corrected chi connectivity index (χ1v) is 9.47. The average molecular weight is 386 g/mol. The van der Waals surface area contributed by atoms with Crippen molar-refractivity contribution in [1.82, 2.24) is 4.90 Å². The van der Waals surface area contributed by atoms with Crippen LogP contribution in [-0.4, -0.2) is 43.0 Å². The van der Waals surface area contributed by atoms with Crippen molar-refractivity contribution in [3.05, 3.63) is 53.7 Å². The Morgan fingerprint density at radius 1 is 1.21 bits per heavy atom. The van der Waals surface area contributed by atoms with E-state index in [-0.39, 0.29) is 28.9 Å². The molecular weight excluding hydrogens is 363 g/mol. The van der Waals surface area contributed by atoms with Gasteiger partial charge in [-0.1, -0.05) is 6.07 Å². The summed E-state index contributed by atoms with van der Waals surface area (Å²) in [6.45, 7) is 3.70. The molecule has 2 fully saturated rings. The maximum absolute atomic E-state index is 13.5. The van der Waals surface area contributed by atoms with Gasteiger partial charge in [-0.3, -0.25) is 9.59 Å². The van der Waals surface area contributed by atoms with Crippen LogP contribution in [0.15, 0.2) is 40.8 Å². The predicted molar refractivity (Wildman–Crippen MR) is 100 cm³/mol. The van der Waals surface area contributed by atoms with Crippen molar-refractivity contribution in [2.45, 2.75) is 19.8 Å². The molecule has 0 bridgehead atoms. The van der Waals surface area contributed by atoms with Crippen LogP contribution in [0.3, 0.4) is 0 Å². The number of aryl methyl sites for hydroxylation is 1. The molecule has 1 aromatic carbocycles. The zero-order valence-electron chi connectivity index (χ0n) is 15.7. The molecule has 28 heavy (non-hydrogen) atoms. The number of carbonyl (C=O) groups excluding carboxylic acids is 2. The zero-order chi connectivity index (χ0) is 19.7. The number of likely N-dealkylation sites (tertiary alicyclic amines) is 1. The lowest BCUT2D eigenvalue weighted by Gasteiger charge is -2.37. The third-order valence-electron chi connectivity index (χ3n) is 5.78. The molecule has 1 N–H and O–H groups in total. The third kappa shape index (κ3) is 3.54. The molecule has 3 heterocycles. The van der Waals surface area contributed by atoms with E-state index >= 15 is 0 Å². The molecule has 2 amide bonds. The van der Waals surface area contributed by atoms with E-state index in [2.05, 4.69) is 5.32 Å². The minimum absolute atomic E-state index is 0.196. The average Bonchev–Trinajstić information content (AvgIpc) is 3.26. The van der Waals surface area contributed by atoms with Crippen LogP contribution in [0.2, 0.25) is 0 Å². The number of ether oxygens (including phenoxy) is 1. The second-order valence-corrected chi connectivity index (χ2v) is 7.62. The molecular formula is C21H23FN2O4. The van der Waals surface area contributed by atoms with Crippen LogP contribution in [0, 0.1) is 24.1 Å². The summed E-state index contributed by atoms with van der Waals surface area (Å²) in [5.41, 5.74) is 0.0751. The minimum atomic E-state index is -0.407. The quantitative estimate of drug-likeness (QED) is 0.879. The lowest BCUT2D eigenvalue weighted by Crippen LogP contribution is -2.42. The molecule has 0 saturated carbocycles. The number of hydrogen-bond donors (Lipinski definition) is 1. The van der Waals surface area contributed by atoms with Gasteiger partial charge in [0.1, 0.15) is 11.6 Å². The highest BCUT2D eigenvalue weighted by molar-refractivity contribution is 5.96. The van der Waals surface area contributed by atoms with Crippen LogP contribution in [-0.2, 0) is 9.53 Å². The van der Waals surface area contributed by atoms with Crippen LogP contribution < -0.4 is 5.32 Å². The number of halogens is 1. The van der Waals surface area contributed by atoms with Gasteiger partial charge < -0.3 is 19.4 Å². The lowest BCUT2D eigenvalue weighted by atomic mass is 9.71. The maximum Gasteiger partial charge on any atom is 0.289 e. The van der Waals surface area contributed by atoms with Crippen LogP contribution in [0.5, 0.6) is 0 Å². The van der Waals surface area contributed by atoms with E-state index in [4.69, 9.17) is 9.15 Å². The first-order chi connectivity index (χ1) is 13.5. The monoisotopic (exact) mass is 386 g/mol. The smallest absolute Gasteiger partial charge is 0.289 e. The molecule has 1 aromatic heterocycles. The number of amides is 2. The highest BCUT2D eigenvalue weighted by Crippen LogP contribution is 2.45. The summed E-state index contributed by atoms with van der Waals surface area (Å²) >= 11 is 0. The van der Waals surface area contributed by atoms with Gasteiger partial charge in [0, 0.05) is 37.4 Å². The standard InChI is InChI=1S/C21H23FN2O4/c1-14-5-6-18(28-14)20(26)24-12-17(21(13-24)7-9-27-10-8-21)19(25)23-16-4-2-3-15(22)11-16/h2-6,11,17H,7-10,12-13H2,1H3,(H,23,25)/t17-/m0/s1. The number of carbonyl (C=O) groups is 2. The van der Waals surface area contributed by atoms with E-state index in [0.717, 1.165) is 0 Å². The van der Waals surface area contributed by atoms with Gasteiger partial charge in [-0.05, 0) is 50.1 Å². The highest BCUT2D eigenvalue weighted by atomic mass is 19.1. The van der Waals surface area contributed by atoms with E-state index in [1.807, 2.05) is 0 Å². The predicted octanol–water partition coefficient (Wildman–Crippen LogP) is 3.23. The van der Waals surface area contributed by atoms with Gasteiger partial charge in [-0.2, -0.15) is 0 Å². The molecule has 2 saturated heterocycles. The Labute approximate surface area is 162 Å². The summed E-state index contributed by atoms with van der Waals surface area (Å²) < 4.78 is 24.4. The van der Waals surface area contributed by atoms with Crippen LogP contribution in [0.4, 0.5) is 10.1 Å². The van der Waals surface area contributed by atoms with E-state index in [0.29, 0.717) is 50.6 Å². The molecule has 0 aliphatic carbocycles. The molecule has 0 unspecified atom stereocenters. The Bertz CT molecular complexity index is 888. The fourth-order valence-corrected chi connectivity index (χ4v) is 4.27. The van der Waals surface area contributed by atoms with Crippen LogP contribution >= 0.6 is 0 Å². The van der Waals surface area contributed by atoms with Gasteiger partial charge in [0.05, 0.1) is 5.92 Å². The number of nitrogens with zero attached hydrogens (tertiary/aromatic N) is 1. The SMILES string of the molecule is Cc1ccc(C(=O)N2C[C@@H](C(=O)Nc3cccc(F)c3)C3(CCOCC3)C2)o1. The number of nitrogens with one attached hydrogen (secondary N) is 1. The van der Waals surface area contributed by atoms with E-state index in [1.165, 1.54) is 12.1 Å². The van der Waals surface area contributed by atoms with Gasteiger partial charge in [0.15, 0.2) is 5.76 Å². The Balaban J connectivity index is 1.56. The first kappa shape index (κ1) is 18.7. The molecule has 2 aromatic rings. The van der Waals surface area contributed by atoms with Crippen molar-refractivity contribution < 1.29 is 23.1 Å². The lowest BCUT2D eigenvalue weighted by molar-refractivity contribution is -0.124. The molecule has 6 nitrogen and oxygen atoms in total. The molecule has 4 rings (SSSR count). The van der Waals surface area contributed by atoms with Gasteiger partial charge in [0.25, 0.3) is 5.91 Å². The molecule has 7 heteroatoms. The number of furan rings is 1. The van der Waals surface area contributed by atoms with Crippen molar-refractivity contribution in [2.24, 2.45) is 11.3 Å². The highest BCUT2D eigenvalue weighted by Gasteiger charge is 2.52. The van der Waals surface area contributed by atoms with Crippen molar-refractivity contribution in [1.29, 1.82) is 0 Å². The van der Waals surface area contributed by atoms with E-state index in [1.54, 1.807) is 36.1 Å².